The number of rotatable bonds is 6. The van der Waals surface area contributed by atoms with Crippen LogP contribution in [0.3, 0.4) is 0 Å². The third kappa shape index (κ3) is 4.88. The highest BCUT2D eigenvalue weighted by Gasteiger charge is 2.22. The number of hydrogen-bond donors (Lipinski definition) is 1. The van der Waals surface area contributed by atoms with Crippen LogP contribution in [0.2, 0.25) is 10.0 Å². The molecular weight excluding hydrogens is 335 g/mol. The van der Waals surface area contributed by atoms with Crippen LogP contribution in [0.5, 0.6) is 5.75 Å². The minimum atomic E-state index is -1.03. The SMILES string of the molecule is CC(C)c1ccccc1O[C@H](Cc1cc(Cl)cc(Cl)c1)C(=O)O. The lowest BCUT2D eigenvalue weighted by Gasteiger charge is -2.19. The van der Waals surface area contributed by atoms with E-state index in [2.05, 4.69) is 0 Å². The Balaban J connectivity index is 2.24. The van der Waals surface area contributed by atoms with Crippen molar-refractivity contribution in [3.63, 3.8) is 0 Å². The molecule has 0 aliphatic heterocycles. The van der Waals surface area contributed by atoms with Crippen LogP contribution in [0, 0.1) is 0 Å². The smallest absolute Gasteiger partial charge is 0.345 e. The van der Waals surface area contributed by atoms with Gasteiger partial charge in [0, 0.05) is 16.5 Å². The Kier molecular flexibility index (Phi) is 5.91. The van der Waals surface area contributed by atoms with Gasteiger partial charge in [-0.3, -0.25) is 0 Å². The topological polar surface area (TPSA) is 46.5 Å². The summed E-state index contributed by atoms with van der Waals surface area (Å²) in [4.78, 5) is 11.6. The molecule has 0 radical (unpaired) electrons. The van der Waals surface area contributed by atoms with E-state index in [1.807, 2.05) is 32.0 Å². The summed E-state index contributed by atoms with van der Waals surface area (Å²) in [5.74, 6) is -0.205. The zero-order valence-corrected chi connectivity index (χ0v) is 14.4. The Morgan fingerprint density at radius 3 is 2.30 bits per heavy atom. The van der Waals surface area contributed by atoms with Crippen molar-refractivity contribution < 1.29 is 14.6 Å². The fraction of sp³-hybridized carbons (Fsp3) is 0.278. The lowest BCUT2D eigenvalue weighted by molar-refractivity contribution is -0.145. The van der Waals surface area contributed by atoms with Crippen molar-refractivity contribution in [2.45, 2.75) is 32.3 Å². The van der Waals surface area contributed by atoms with Gasteiger partial charge in [0.25, 0.3) is 0 Å². The minimum absolute atomic E-state index is 0.183. The number of ether oxygens (including phenoxy) is 1. The molecule has 0 saturated carbocycles. The second-order valence-electron chi connectivity index (χ2n) is 5.62. The van der Waals surface area contributed by atoms with E-state index in [4.69, 9.17) is 27.9 Å². The van der Waals surface area contributed by atoms with Crippen molar-refractivity contribution in [2.75, 3.05) is 0 Å². The normalized spacial score (nSPS) is 12.2. The maximum atomic E-state index is 11.6. The van der Waals surface area contributed by atoms with Crippen molar-refractivity contribution in [3.8, 4) is 5.75 Å². The molecule has 2 aromatic carbocycles. The van der Waals surface area contributed by atoms with Crippen molar-refractivity contribution in [1.82, 2.24) is 0 Å². The van der Waals surface area contributed by atoms with Gasteiger partial charge in [-0.25, -0.2) is 4.79 Å². The van der Waals surface area contributed by atoms with Gasteiger partial charge in [-0.1, -0.05) is 55.2 Å². The number of halogens is 2. The fourth-order valence-electron chi connectivity index (χ4n) is 2.34. The molecule has 0 aliphatic carbocycles. The van der Waals surface area contributed by atoms with E-state index < -0.39 is 12.1 Å². The van der Waals surface area contributed by atoms with Gasteiger partial charge >= 0.3 is 5.97 Å². The van der Waals surface area contributed by atoms with E-state index >= 15 is 0 Å². The Bertz CT molecular complexity index is 678. The molecule has 1 atom stereocenters. The molecule has 2 aromatic rings. The summed E-state index contributed by atoms with van der Waals surface area (Å²) in [6.07, 6.45) is -0.827. The predicted molar refractivity (Wildman–Crippen MR) is 92.7 cm³/mol. The van der Waals surface area contributed by atoms with Crippen LogP contribution < -0.4 is 4.74 Å². The molecule has 0 unspecified atom stereocenters. The summed E-state index contributed by atoms with van der Waals surface area (Å²) in [7, 11) is 0. The number of carboxylic acids is 1. The number of carbonyl (C=O) groups is 1. The summed E-state index contributed by atoms with van der Waals surface area (Å²) >= 11 is 11.9. The van der Waals surface area contributed by atoms with Crippen LogP contribution in [0.4, 0.5) is 0 Å². The molecule has 0 bridgehead atoms. The van der Waals surface area contributed by atoms with E-state index in [-0.39, 0.29) is 12.3 Å². The van der Waals surface area contributed by atoms with Gasteiger partial charge in [0.05, 0.1) is 0 Å². The summed E-state index contributed by atoms with van der Waals surface area (Å²) in [6.45, 7) is 4.07. The van der Waals surface area contributed by atoms with Crippen LogP contribution >= 0.6 is 23.2 Å². The van der Waals surface area contributed by atoms with Crippen LogP contribution in [0.15, 0.2) is 42.5 Å². The summed E-state index contributed by atoms with van der Waals surface area (Å²) in [5.41, 5.74) is 1.69. The number of benzene rings is 2. The lowest BCUT2D eigenvalue weighted by atomic mass is 10.0. The predicted octanol–water partition coefficient (Wildman–Crippen LogP) is 5.19. The zero-order valence-electron chi connectivity index (χ0n) is 12.9. The molecule has 0 aromatic heterocycles. The number of carboxylic acid groups (broad SMARTS) is 1. The third-order valence-corrected chi connectivity index (χ3v) is 3.87. The van der Waals surface area contributed by atoms with Gasteiger partial charge in [0.1, 0.15) is 5.75 Å². The molecular formula is C18H18Cl2O3. The van der Waals surface area contributed by atoms with Crippen LogP contribution in [-0.4, -0.2) is 17.2 Å². The number of aliphatic carboxylic acids is 1. The molecule has 0 amide bonds. The molecule has 122 valence electrons. The second-order valence-corrected chi connectivity index (χ2v) is 6.49. The molecule has 2 rings (SSSR count). The standard InChI is InChI=1S/C18H18Cl2O3/c1-11(2)15-5-3-4-6-16(15)23-17(18(21)22)9-12-7-13(19)10-14(20)8-12/h3-8,10-11,17H,9H2,1-2H3,(H,21,22)/t17-/m1/s1. The number of hydrogen-bond acceptors (Lipinski definition) is 2. The highest BCUT2D eigenvalue weighted by Crippen LogP contribution is 2.28. The largest absolute Gasteiger partial charge is 0.478 e. The monoisotopic (exact) mass is 352 g/mol. The molecule has 0 spiro atoms. The van der Waals surface area contributed by atoms with Crippen LogP contribution in [0.25, 0.3) is 0 Å². The molecule has 0 saturated heterocycles. The third-order valence-electron chi connectivity index (χ3n) is 3.43. The summed E-state index contributed by atoms with van der Waals surface area (Å²) < 4.78 is 5.77. The second kappa shape index (κ2) is 7.71. The van der Waals surface area contributed by atoms with Gasteiger partial charge in [-0.2, -0.15) is 0 Å². The average Bonchev–Trinajstić information content (AvgIpc) is 2.45. The lowest BCUT2D eigenvalue weighted by Crippen LogP contribution is -2.29. The Morgan fingerprint density at radius 1 is 1.13 bits per heavy atom. The van der Waals surface area contributed by atoms with Gasteiger partial charge in [0.15, 0.2) is 6.10 Å². The Labute approximate surface area is 145 Å². The van der Waals surface area contributed by atoms with Crippen molar-refractivity contribution in [3.05, 3.63) is 63.6 Å². The maximum absolute atomic E-state index is 11.6. The first-order chi connectivity index (χ1) is 10.9. The Morgan fingerprint density at radius 2 is 1.74 bits per heavy atom. The van der Waals surface area contributed by atoms with E-state index in [9.17, 15) is 9.90 Å². The molecule has 3 nitrogen and oxygen atoms in total. The minimum Gasteiger partial charge on any atom is -0.478 e. The van der Waals surface area contributed by atoms with Crippen LogP contribution in [-0.2, 0) is 11.2 Å². The van der Waals surface area contributed by atoms with Gasteiger partial charge < -0.3 is 9.84 Å². The molecule has 23 heavy (non-hydrogen) atoms. The summed E-state index contributed by atoms with van der Waals surface area (Å²) in [6, 6.07) is 12.5. The van der Waals surface area contributed by atoms with E-state index in [1.165, 1.54) is 0 Å². The maximum Gasteiger partial charge on any atom is 0.345 e. The van der Waals surface area contributed by atoms with E-state index in [0.29, 0.717) is 15.8 Å². The molecule has 1 N–H and O–H groups in total. The van der Waals surface area contributed by atoms with Crippen molar-refractivity contribution >= 4 is 29.2 Å². The average molecular weight is 353 g/mol. The van der Waals surface area contributed by atoms with Gasteiger partial charge in [-0.15, -0.1) is 0 Å². The van der Waals surface area contributed by atoms with Crippen molar-refractivity contribution in [2.24, 2.45) is 0 Å². The van der Waals surface area contributed by atoms with Crippen LogP contribution in [0.1, 0.15) is 30.9 Å². The molecule has 0 heterocycles. The quantitative estimate of drug-likeness (QED) is 0.777. The first-order valence-corrected chi connectivity index (χ1v) is 8.05. The fourth-order valence-corrected chi connectivity index (χ4v) is 2.91. The van der Waals surface area contributed by atoms with Crippen molar-refractivity contribution in [1.29, 1.82) is 0 Å². The summed E-state index contributed by atoms with van der Waals surface area (Å²) in [5, 5.41) is 10.4. The molecule has 0 aliphatic rings. The zero-order chi connectivity index (χ0) is 17.0. The number of para-hydroxylation sites is 1. The molecule has 5 heteroatoms. The molecule has 0 fully saturated rings. The van der Waals surface area contributed by atoms with E-state index in [0.717, 1.165) is 11.1 Å². The first kappa shape index (κ1) is 17.6. The first-order valence-electron chi connectivity index (χ1n) is 7.30. The Hall–Kier alpha value is -1.71. The highest BCUT2D eigenvalue weighted by atomic mass is 35.5. The van der Waals surface area contributed by atoms with Gasteiger partial charge in [0.2, 0.25) is 0 Å². The van der Waals surface area contributed by atoms with E-state index in [1.54, 1.807) is 24.3 Å². The van der Waals surface area contributed by atoms with Gasteiger partial charge in [-0.05, 0) is 41.3 Å². The highest BCUT2D eigenvalue weighted by molar-refractivity contribution is 6.34.